The highest BCUT2D eigenvalue weighted by atomic mass is 35.5. The van der Waals surface area contributed by atoms with Gasteiger partial charge in [0.05, 0.1) is 24.1 Å². The molecule has 18 heavy (non-hydrogen) atoms. The Balaban J connectivity index is 1.81. The number of thiazole rings is 1. The first kappa shape index (κ1) is 12.9. The van der Waals surface area contributed by atoms with Crippen LogP contribution in [0.5, 0.6) is 5.75 Å². The van der Waals surface area contributed by atoms with Crippen molar-refractivity contribution in [2.75, 3.05) is 6.61 Å². The number of nitriles is 1. The molecule has 2 aromatic rings. The fraction of sp³-hybridized carbons (Fsp3) is 0.231. The molecule has 0 N–H and O–H groups in total. The summed E-state index contributed by atoms with van der Waals surface area (Å²) in [7, 11) is 0. The number of ether oxygens (including phenoxy) is 1. The maximum Gasteiger partial charge on any atom is 0.119 e. The minimum absolute atomic E-state index is 0.426. The number of nitrogens with zero attached hydrogens (tertiary/aromatic N) is 2. The third-order valence-electron chi connectivity index (χ3n) is 2.25. The zero-order chi connectivity index (χ0) is 12.8. The molecule has 1 aromatic carbocycles. The first-order chi connectivity index (χ1) is 8.78. The summed E-state index contributed by atoms with van der Waals surface area (Å²) in [6.45, 7) is 0.571. The third-order valence-corrected chi connectivity index (χ3v) is 3.56. The van der Waals surface area contributed by atoms with Gasteiger partial charge in [-0.15, -0.1) is 11.3 Å². The van der Waals surface area contributed by atoms with Crippen LogP contribution in [0.15, 0.2) is 30.5 Å². The van der Waals surface area contributed by atoms with Gasteiger partial charge in [-0.1, -0.05) is 11.6 Å². The molecule has 5 heteroatoms. The zero-order valence-electron chi connectivity index (χ0n) is 9.60. The quantitative estimate of drug-likeness (QED) is 0.841. The van der Waals surface area contributed by atoms with Crippen molar-refractivity contribution in [3.8, 4) is 11.8 Å². The first-order valence-corrected chi connectivity index (χ1v) is 6.66. The molecule has 0 radical (unpaired) electrons. The molecule has 0 aliphatic heterocycles. The van der Waals surface area contributed by atoms with Crippen LogP contribution >= 0.6 is 22.9 Å². The SMILES string of the molecule is N#CCc1cnc(CCOc2ccc(Cl)cc2)s1. The molecule has 0 bridgehead atoms. The van der Waals surface area contributed by atoms with E-state index in [-0.39, 0.29) is 0 Å². The summed E-state index contributed by atoms with van der Waals surface area (Å²) in [5.41, 5.74) is 0. The normalized spacial score (nSPS) is 10.0. The van der Waals surface area contributed by atoms with Crippen molar-refractivity contribution in [2.45, 2.75) is 12.8 Å². The van der Waals surface area contributed by atoms with Gasteiger partial charge in [-0.2, -0.15) is 5.26 Å². The molecule has 0 atom stereocenters. The number of aromatic nitrogens is 1. The Hall–Kier alpha value is -1.57. The fourth-order valence-corrected chi connectivity index (χ4v) is 2.37. The van der Waals surface area contributed by atoms with E-state index < -0.39 is 0 Å². The molecular formula is C13H11ClN2OS. The molecule has 0 unspecified atom stereocenters. The van der Waals surface area contributed by atoms with Crippen LogP contribution in [-0.4, -0.2) is 11.6 Å². The Bertz CT molecular complexity index is 545. The molecule has 1 heterocycles. The van der Waals surface area contributed by atoms with E-state index in [4.69, 9.17) is 21.6 Å². The standard InChI is InChI=1S/C13H11ClN2OS/c14-10-1-3-11(4-2-10)17-8-6-13-16-9-12(18-13)5-7-15/h1-4,9H,5-6,8H2. The molecule has 1 aromatic heterocycles. The first-order valence-electron chi connectivity index (χ1n) is 5.47. The monoisotopic (exact) mass is 278 g/mol. The van der Waals surface area contributed by atoms with Crippen LogP contribution in [0.3, 0.4) is 0 Å². The van der Waals surface area contributed by atoms with Crippen molar-refractivity contribution in [3.63, 3.8) is 0 Å². The predicted octanol–water partition coefficient (Wildman–Crippen LogP) is 3.48. The summed E-state index contributed by atoms with van der Waals surface area (Å²) in [5.74, 6) is 0.799. The van der Waals surface area contributed by atoms with E-state index in [2.05, 4.69) is 11.1 Å². The highest BCUT2D eigenvalue weighted by Crippen LogP contribution is 2.17. The fourth-order valence-electron chi connectivity index (χ4n) is 1.41. The number of halogens is 1. The molecule has 0 saturated heterocycles. The third kappa shape index (κ3) is 3.73. The average molecular weight is 279 g/mol. The van der Waals surface area contributed by atoms with E-state index in [0.29, 0.717) is 18.1 Å². The van der Waals surface area contributed by atoms with Gasteiger partial charge in [-0.3, -0.25) is 0 Å². The van der Waals surface area contributed by atoms with Gasteiger partial charge in [0.15, 0.2) is 0 Å². The smallest absolute Gasteiger partial charge is 0.119 e. The van der Waals surface area contributed by atoms with Crippen molar-refractivity contribution >= 4 is 22.9 Å². The molecule has 0 aliphatic rings. The Kier molecular flexibility index (Phi) is 4.57. The van der Waals surface area contributed by atoms with E-state index in [1.54, 1.807) is 29.7 Å². The lowest BCUT2D eigenvalue weighted by Gasteiger charge is -2.04. The van der Waals surface area contributed by atoms with Crippen LogP contribution in [0.4, 0.5) is 0 Å². The maximum atomic E-state index is 8.57. The van der Waals surface area contributed by atoms with Crippen molar-refractivity contribution in [3.05, 3.63) is 45.4 Å². The van der Waals surface area contributed by atoms with Gasteiger partial charge in [0.1, 0.15) is 5.75 Å². The van der Waals surface area contributed by atoms with Gasteiger partial charge in [-0.25, -0.2) is 4.98 Å². The van der Waals surface area contributed by atoms with E-state index in [0.717, 1.165) is 22.1 Å². The molecular weight excluding hydrogens is 268 g/mol. The lowest BCUT2D eigenvalue weighted by molar-refractivity contribution is 0.322. The molecule has 2 rings (SSSR count). The Morgan fingerprint density at radius 1 is 1.33 bits per heavy atom. The van der Waals surface area contributed by atoms with Gasteiger partial charge in [0, 0.05) is 22.5 Å². The maximum absolute atomic E-state index is 8.57. The van der Waals surface area contributed by atoms with E-state index >= 15 is 0 Å². The van der Waals surface area contributed by atoms with Gasteiger partial charge >= 0.3 is 0 Å². The van der Waals surface area contributed by atoms with Crippen molar-refractivity contribution in [1.82, 2.24) is 4.98 Å². The summed E-state index contributed by atoms with van der Waals surface area (Å²) in [6.07, 6.45) is 2.93. The average Bonchev–Trinajstić information content (AvgIpc) is 2.80. The number of rotatable bonds is 5. The second kappa shape index (κ2) is 6.39. The highest BCUT2D eigenvalue weighted by Gasteiger charge is 2.02. The molecule has 92 valence electrons. The van der Waals surface area contributed by atoms with Crippen LogP contribution in [0.25, 0.3) is 0 Å². The molecule has 0 amide bonds. The van der Waals surface area contributed by atoms with Crippen LogP contribution in [0.1, 0.15) is 9.88 Å². The number of benzene rings is 1. The van der Waals surface area contributed by atoms with Gasteiger partial charge in [0.25, 0.3) is 0 Å². The summed E-state index contributed by atoms with van der Waals surface area (Å²) >= 11 is 7.34. The zero-order valence-corrected chi connectivity index (χ0v) is 11.2. The Morgan fingerprint density at radius 3 is 2.83 bits per heavy atom. The van der Waals surface area contributed by atoms with Crippen molar-refractivity contribution in [1.29, 1.82) is 5.26 Å². The second-order valence-corrected chi connectivity index (χ2v) is 5.24. The molecule has 0 saturated carbocycles. The van der Waals surface area contributed by atoms with Crippen LogP contribution < -0.4 is 4.74 Å². The summed E-state index contributed by atoms with van der Waals surface area (Å²) in [6, 6.07) is 9.38. The van der Waals surface area contributed by atoms with Crippen LogP contribution in [-0.2, 0) is 12.8 Å². The summed E-state index contributed by atoms with van der Waals surface area (Å²) in [5, 5.41) is 10.3. The van der Waals surface area contributed by atoms with Crippen molar-refractivity contribution < 1.29 is 4.74 Å². The predicted molar refractivity (Wildman–Crippen MR) is 72.1 cm³/mol. The van der Waals surface area contributed by atoms with Crippen molar-refractivity contribution in [2.24, 2.45) is 0 Å². The van der Waals surface area contributed by atoms with Gasteiger partial charge < -0.3 is 4.74 Å². The van der Waals surface area contributed by atoms with Crippen LogP contribution in [0.2, 0.25) is 5.02 Å². The number of hydrogen-bond acceptors (Lipinski definition) is 4. The van der Waals surface area contributed by atoms with Gasteiger partial charge in [-0.05, 0) is 24.3 Å². The minimum Gasteiger partial charge on any atom is -0.493 e. The van der Waals surface area contributed by atoms with Crippen LogP contribution in [0, 0.1) is 11.3 Å². The topological polar surface area (TPSA) is 45.9 Å². The largest absolute Gasteiger partial charge is 0.493 e. The summed E-state index contributed by atoms with van der Waals surface area (Å²) in [4.78, 5) is 5.25. The lowest BCUT2D eigenvalue weighted by Crippen LogP contribution is -2.00. The van der Waals surface area contributed by atoms with E-state index in [1.165, 1.54) is 0 Å². The minimum atomic E-state index is 0.426. The van der Waals surface area contributed by atoms with Gasteiger partial charge in [0.2, 0.25) is 0 Å². The molecule has 3 nitrogen and oxygen atoms in total. The van der Waals surface area contributed by atoms with E-state index in [1.807, 2.05) is 12.1 Å². The summed E-state index contributed by atoms with van der Waals surface area (Å²) < 4.78 is 5.58. The molecule has 0 fully saturated rings. The highest BCUT2D eigenvalue weighted by molar-refractivity contribution is 7.11. The Labute approximate surface area is 115 Å². The number of hydrogen-bond donors (Lipinski definition) is 0. The van der Waals surface area contributed by atoms with E-state index in [9.17, 15) is 0 Å². The molecule has 0 spiro atoms. The Morgan fingerprint density at radius 2 is 2.11 bits per heavy atom. The lowest BCUT2D eigenvalue weighted by atomic mass is 10.3. The molecule has 0 aliphatic carbocycles. The second-order valence-electron chi connectivity index (χ2n) is 3.61.